The van der Waals surface area contributed by atoms with Crippen molar-refractivity contribution < 1.29 is 19.5 Å². The van der Waals surface area contributed by atoms with Gasteiger partial charge in [-0.2, -0.15) is 0 Å². The lowest BCUT2D eigenvalue weighted by Gasteiger charge is -2.13. The van der Waals surface area contributed by atoms with Crippen LogP contribution in [0.3, 0.4) is 0 Å². The van der Waals surface area contributed by atoms with Gasteiger partial charge in [-0.1, -0.05) is 11.6 Å². The maximum absolute atomic E-state index is 12.3. The molecule has 2 aromatic rings. The molecule has 1 aliphatic heterocycles. The van der Waals surface area contributed by atoms with E-state index in [4.69, 9.17) is 16.7 Å². The van der Waals surface area contributed by atoms with Gasteiger partial charge in [0.15, 0.2) is 5.82 Å². The van der Waals surface area contributed by atoms with E-state index in [1.165, 1.54) is 30.5 Å². The average molecular weight is 303 g/mol. The number of hydrogen-bond donors (Lipinski definition) is 1. The van der Waals surface area contributed by atoms with Gasteiger partial charge in [0.05, 0.1) is 21.7 Å². The molecule has 0 saturated carbocycles. The van der Waals surface area contributed by atoms with Crippen molar-refractivity contribution in [2.24, 2.45) is 0 Å². The number of anilines is 1. The molecule has 0 unspecified atom stereocenters. The van der Waals surface area contributed by atoms with Crippen LogP contribution in [0.2, 0.25) is 5.02 Å². The minimum Gasteiger partial charge on any atom is -0.478 e. The SMILES string of the molecule is O=C(O)c1ccc2c(c1)C(=O)N(c1ncccc1Cl)C2=O. The van der Waals surface area contributed by atoms with E-state index in [0.29, 0.717) is 0 Å². The molecule has 1 aromatic heterocycles. The zero-order valence-corrected chi connectivity index (χ0v) is 11.2. The molecule has 0 bridgehead atoms. The number of imide groups is 1. The van der Waals surface area contributed by atoms with Crippen molar-refractivity contribution in [3.8, 4) is 0 Å². The third kappa shape index (κ3) is 1.96. The molecular formula is C14H7ClN2O4. The topological polar surface area (TPSA) is 87.6 Å². The molecule has 21 heavy (non-hydrogen) atoms. The van der Waals surface area contributed by atoms with Crippen LogP contribution in [-0.4, -0.2) is 27.9 Å². The van der Waals surface area contributed by atoms with Gasteiger partial charge in [0.2, 0.25) is 0 Å². The largest absolute Gasteiger partial charge is 0.478 e. The van der Waals surface area contributed by atoms with Crippen LogP contribution in [0.15, 0.2) is 36.5 Å². The van der Waals surface area contributed by atoms with Crippen molar-refractivity contribution in [3.05, 3.63) is 58.2 Å². The second-order valence-electron chi connectivity index (χ2n) is 4.32. The standard InChI is InChI=1S/C14H7ClN2O4/c15-10-2-1-5-16-11(10)17-12(18)8-4-3-7(14(20)21)6-9(8)13(17)19/h1-6H,(H,20,21). The average Bonchev–Trinajstić information content (AvgIpc) is 2.71. The van der Waals surface area contributed by atoms with Crippen molar-refractivity contribution in [1.82, 2.24) is 4.98 Å². The van der Waals surface area contributed by atoms with E-state index in [0.717, 1.165) is 4.90 Å². The Labute approximate surface area is 123 Å². The minimum absolute atomic E-state index is 0.0293. The van der Waals surface area contributed by atoms with Crippen LogP contribution in [0.25, 0.3) is 0 Å². The van der Waals surface area contributed by atoms with E-state index in [-0.39, 0.29) is 27.5 Å². The second-order valence-corrected chi connectivity index (χ2v) is 4.73. The van der Waals surface area contributed by atoms with Gasteiger partial charge in [-0.05, 0) is 30.3 Å². The number of carbonyl (C=O) groups excluding carboxylic acids is 2. The molecule has 2 amide bonds. The molecule has 6 nitrogen and oxygen atoms in total. The van der Waals surface area contributed by atoms with E-state index >= 15 is 0 Å². The van der Waals surface area contributed by atoms with Gasteiger partial charge in [-0.15, -0.1) is 0 Å². The van der Waals surface area contributed by atoms with Gasteiger partial charge in [-0.3, -0.25) is 9.59 Å². The molecule has 1 aliphatic rings. The summed E-state index contributed by atoms with van der Waals surface area (Å²) in [6, 6.07) is 6.85. The summed E-state index contributed by atoms with van der Waals surface area (Å²) >= 11 is 5.96. The Bertz CT molecular complexity index is 803. The molecule has 0 saturated heterocycles. The first-order chi connectivity index (χ1) is 10.0. The molecule has 3 rings (SSSR count). The van der Waals surface area contributed by atoms with Crippen LogP contribution in [0.4, 0.5) is 5.82 Å². The summed E-state index contributed by atoms with van der Waals surface area (Å²) < 4.78 is 0. The van der Waals surface area contributed by atoms with E-state index in [9.17, 15) is 14.4 Å². The summed E-state index contributed by atoms with van der Waals surface area (Å²) in [7, 11) is 0. The Kier molecular flexibility index (Phi) is 2.95. The Hall–Kier alpha value is -2.73. The number of aromatic carboxylic acids is 1. The number of nitrogens with zero attached hydrogens (tertiary/aromatic N) is 2. The first-order valence-corrected chi connectivity index (χ1v) is 6.25. The number of hydrogen-bond acceptors (Lipinski definition) is 4. The van der Waals surface area contributed by atoms with Gasteiger partial charge >= 0.3 is 5.97 Å². The number of amides is 2. The number of fused-ring (bicyclic) bond motifs is 1. The summed E-state index contributed by atoms with van der Waals surface area (Å²) in [5.74, 6) is -2.36. The van der Waals surface area contributed by atoms with E-state index < -0.39 is 17.8 Å². The number of aromatic nitrogens is 1. The highest BCUT2D eigenvalue weighted by molar-refractivity contribution is 6.39. The van der Waals surface area contributed by atoms with E-state index in [1.54, 1.807) is 6.07 Å². The maximum atomic E-state index is 12.3. The highest BCUT2D eigenvalue weighted by atomic mass is 35.5. The Morgan fingerprint density at radius 3 is 2.52 bits per heavy atom. The first kappa shape index (κ1) is 13.3. The monoisotopic (exact) mass is 302 g/mol. The van der Waals surface area contributed by atoms with Gasteiger partial charge in [-0.25, -0.2) is 14.7 Å². The molecule has 1 N–H and O–H groups in total. The van der Waals surface area contributed by atoms with Crippen LogP contribution in [0.1, 0.15) is 31.1 Å². The fourth-order valence-corrected chi connectivity index (χ4v) is 2.31. The molecular weight excluding hydrogens is 296 g/mol. The zero-order chi connectivity index (χ0) is 15.1. The number of carboxylic acid groups (broad SMARTS) is 1. The van der Waals surface area contributed by atoms with Crippen LogP contribution in [0, 0.1) is 0 Å². The Balaban J connectivity index is 2.13. The number of halogens is 1. The predicted octanol–water partition coefficient (Wildman–Crippen LogP) is 2.23. The van der Waals surface area contributed by atoms with Crippen molar-refractivity contribution in [2.45, 2.75) is 0 Å². The van der Waals surface area contributed by atoms with Gasteiger partial charge in [0.25, 0.3) is 11.8 Å². The van der Waals surface area contributed by atoms with Crippen molar-refractivity contribution in [2.75, 3.05) is 4.90 Å². The lowest BCUT2D eigenvalue weighted by atomic mass is 10.1. The minimum atomic E-state index is -1.17. The highest BCUT2D eigenvalue weighted by Crippen LogP contribution is 2.31. The molecule has 0 fully saturated rings. The zero-order valence-electron chi connectivity index (χ0n) is 10.4. The van der Waals surface area contributed by atoms with Crippen LogP contribution in [0.5, 0.6) is 0 Å². The molecule has 0 radical (unpaired) electrons. The van der Waals surface area contributed by atoms with Crippen LogP contribution >= 0.6 is 11.6 Å². The second kappa shape index (κ2) is 4.68. The number of pyridine rings is 1. The van der Waals surface area contributed by atoms with Crippen LogP contribution in [-0.2, 0) is 0 Å². The summed E-state index contributed by atoms with van der Waals surface area (Å²) in [4.78, 5) is 40.4. The number of carbonyl (C=O) groups is 3. The fraction of sp³-hybridized carbons (Fsp3) is 0. The van der Waals surface area contributed by atoms with Crippen LogP contribution < -0.4 is 4.90 Å². The predicted molar refractivity (Wildman–Crippen MR) is 73.8 cm³/mol. The number of benzene rings is 1. The van der Waals surface area contributed by atoms with E-state index in [1.807, 2.05) is 0 Å². The van der Waals surface area contributed by atoms with Gasteiger partial charge in [0, 0.05) is 6.20 Å². The fourth-order valence-electron chi connectivity index (χ4n) is 2.11. The van der Waals surface area contributed by atoms with E-state index in [2.05, 4.69) is 4.98 Å². The van der Waals surface area contributed by atoms with Crippen molar-refractivity contribution in [3.63, 3.8) is 0 Å². The third-order valence-corrected chi connectivity index (χ3v) is 3.38. The molecule has 7 heteroatoms. The van der Waals surface area contributed by atoms with Gasteiger partial charge < -0.3 is 5.11 Å². The first-order valence-electron chi connectivity index (χ1n) is 5.87. The lowest BCUT2D eigenvalue weighted by Crippen LogP contribution is -2.30. The normalized spacial score (nSPS) is 13.5. The molecule has 0 aliphatic carbocycles. The van der Waals surface area contributed by atoms with Gasteiger partial charge in [0.1, 0.15) is 0 Å². The number of rotatable bonds is 2. The molecule has 1 aromatic carbocycles. The summed E-state index contributed by atoms with van der Waals surface area (Å²) in [5.41, 5.74) is 0.0946. The number of carboxylic acids is 1. The third-order valence-electron chi connectivity index (χ3n) is 3.08. The quantitative estimate of drug-likeness (QED) is 0.860. The maximum Gasteiger partial charge on any atom is 0.335 e. The summed E-state index contributed by atoms with van der Waals surface area (Å²) in [6.45, 7) is 0. The summed E-state index contributed by atoms with van der Waals surface area (Å²) in [6.07, 6.45) is 1.41. The summed E-state index contributed by atoms with van der Waals surface area (Å²) in [5, 5.41) is 9.11. The molecule has 104 valence electrons. The Morgan fingerprint density at radius 2 is 1.86 bits per heavy atom. The Morgan fingerprint density at radius 1 is 1.14 bits per heavy atom. The van der Waals surface area contributed by atoms with Crippen molar-refractivity contribution >= 4 is 35.2 Å². The molecule has 0 atom stereocenters. The highest BCUT2D eigenvalue weighted by Gasteiger charge is 2.38. The lowest BCUT2D eigenvalue weighted by molar-refractivity contribution is 0.0696. The molecule has 2 heterocycles. The van der Waals surface area contributed by atoms with Crippen molar-refractivity contribution in [1.29, 1.82) is 0 Å². The molecule has 0 spiro atoms. The smallest absolute Gasteiger partial charge is 0.335 e.